The van der Waals surface area contributed by atoms with Gasteiger partial charge in [0.15, 0.2) is 0 Å². The second kappa shape index (κ2) is 7.19. The summed E-state index contributed by atoms with van der Waals surface area (Å²) in [4.78, 5) is 25.9. The molecular weight excluding hydrogens is 272 g/mol. The molecule has 0 saturated carbocycles. The van der Waals surface area contributed by atoms with Gasteiger partial charge in [-0.3, -0.25) is 9.59 Å². The van der Waals surface area contributed by atoms with Crippen LogP contribution in [-0.4, -0.2) is 49.7 Å². The number of rotatable bonds is 5. The Morgan fingerprint density at radius 2 is 2.14 bits per heavy atom. The lowest BCUT2D eigenvalue weighted by molar-refractivity contribution is -0.142. The van der Waals surface area contributed by atoms with Gasteiger partial charge in [0.05, 0.1) is 13.2 Å². The van der Waals surface area contributed by atoms with Crippen LogP contribution in [-0.2, 0) is 25.6 Å². The van der Waals surface area contributed by atoms with Crippen molar-refractivity contribution in [2.45, 2.75) is 19.5 Å². The highest BCUT2D eigenvalue weighted by Crippen LogP contribution is 2.22. The van der Waals surface area contributed by atoms with Crippen molar-refractivity contribution in [3.05, 3.63) is 29.8 Å². The highest BCUT2D eigenvalue weighted by Gasteiger charge is 2.29. The summed E-state index contributed by atoms with van der Waals surface area (Å²) < 4.78 is 10.1. The van der Waals surface area contributed by atoms with Crippen molar-refractivity contribution in [3.8, 4) is 0 Å². The molecule has 114 valence electrons. The fourth-order valence-electron chi connectivity index (χ4n) is 2.17. The molecule has 2 rings (SSSR count). The molecule has 0 radical (unpaired) electrons. The molecule has 0 saturated heterocycles. The highest BCUT2D eigenvalue weighted by atomic mass is 16.5. The minimum atomic E-state index is -0.532. The Bertz CT molecular complexity index is 518. The lowest BCUT2D eigenvalue weighted by Gasteiger charge is -2.25. The number of hydrogen-bond acceptors (Lipinski definition) is 4. The number of nitrogens with zero attached hydrogens (tertiary/aromatic N) is 1. The molecule has 1 aliphatic heterocycles. The Morgan fingerprint density at radius 3 is 2.90 bits per heavy atom. The van der Waals surface area contributed by atoms with E-state index in [1.54, 1.807) is 14.0 Å². The summed E-state index contributed by atoms with van der Waals surface area (Å²) in [6.45, 7) is 2.85. The second-order valence-corrected chi connectivity index (χ2v) is 4.89. The summed E-state index contributed by atoms with van der Waals surface area (Å²) in [5.74, 6) is -0.393. The summed E-state index contributed by atoms with van der Waals surface area (Å²) in [5.41, 5.74) is 1.67. The number of carbonyl (C=O) groups is 2. The van der Waals surface area contributed by atoms with Crippen molar-refractivity contribution in [1.29, 1.82) is 0 Å². The number of fused-ring (bicyclic) bond motifs is 1. The molecule has 0 aromatic heterocycles. The van der Waals surface area contributed by atoms with Crippen LogP contribution in [0.5, 0.6) is 0 Å². The van der Waals surface area contributed by atoms with Crippen LogP contribution in [0.4, 0.5) is 5.69 Å². The van der Waals surface area contributed by atoms with Gasteiger partial charge in [-0.25, -0.2) is 0 Å². The third kappa shape index (κ3) is 3.80. The van der Waals surface area contributed by atoms with Crippen LogP contribution in [0.1, 0.15) is 12.5 Å². The summed E-state index contributed by atoms with van der Waals surface area (Å²) in [6.07, 6.45) is 0. The van der Waals surface area contributed by atoms with Crippen LogP contribution in [0, 0.1) is 0 Å². The number of methoxy groups -OCH3 is 1. The first-order valence-corrected chi connectivity index (χ1v) is 6.88. The van der Waals surface area contributed by atoms with Crippen LogP contribution < -0.4 is 5.32 Å². The molecule has 1 aliphatic rings. The van der Waals surface area contributed by atoms with Crippen LogP contribution in [0.15, 0.2) is 24.3 Å². The van der Waals surface area contributed by atoms with Crippen molar-refractivity contribution in [1.82, 2.24) is 4.90 Å². The van der Waals surface area contributed by atoms with Gasteiger partial charge in [-0.1, -0.05) is 18.2 Å². The summed E-state index contributed by atoms with van der Waals surface area (Å²) in [7, 11) is 1.57. The van der Waals surface area contributed by atoms with Gasteiger partial charge in [0.1, 0.15) is 12.6 Å². The van der Waals surface area contributed by atoms with E-state index in [0.29, 0.717) is 19.8 Å². The molecule has 0 spiro atoms. The number of amides is 2. The van der Waals surface area contributed by atoms with E-state index < -0.39 is 6.04 Å². The molecular formula is C15H20N2O4. The number of hydrogen-bond donors (Lipinski definition) is 1. The number of para-hydroxylation sites is 1. The first-order chi connectivity index (χ1) is 10.1. The quantitative estimate of drug-likeness (QED) is 0.823. The van der Waals surface area contributed by atoms with Crippen molar-refractivity contribution >= 4 is 17.5 Å². The maximum atomic E-state index is 12.3. The van der Waals surface area contributed by atoms with E-state index >= 15 is 0 Å². The van der Waals surface area contributed by atoms with E-state index in [2.05, 4.69) is 5.32 Å². The van der Waals surface area contributed by atoms with Crippen LogP contribution in [0.3, 0.4) is 0 Å². The minimum Gasteiger partial charge on any atom is -0.382 e. The van der Waals surface area contributed by atoms with E-state index in [0.717, 1.165) is 11.3 Å². The van der Waals surface area contributed by atoms with Gasteiger partial charge in [0, 0.05) is 19.3 Å². The first-order valence-electron chi connectivity index (χ1n) is 6.88. The van der Waals surface area contributed by atoms with Gasteiger partial charge >= 0.3 is 0 Å². The fraction of sp³-hybridized carbons (Fsp3) is 0.467. The van der Waals surface area contributed by atoms with Gasteiger partial charge < -0.3 is 19.7 Å². The molecule has 1 atom stereocenters. The van der Waals surface area contributed by atoms with E-state index in [4.69, 9.17) is 9.47 Å². The Morgan fingerprint density at radius 1 is 1.38 bits per heavy atom. The summed E-state index contributed by atoms with van der Waals surface area (Å²) >= 11 is 0. The smallest absolute Gasteiger partial charge is 0.249 e. The largest absolute Gasteiger partial charge is 0.382 e. The molecule has 0 fully saturated rings. The van der Waals surface area contributed by atoms with E-state index in [1.165, 1.54) is 4.90 Å². The Labute approximate surface area is 124 Å². The molecule has 6 heteroatoms. The molecule has 1 aromatic carbocycles. The Kier molecular flexibility index (Phi) is 5.30. The Balaban J connectivity index is 2.07. The average Bonchev–Trinajstić information content (AvgIpc) is 2.61. The van der Waals surface area contributed by atoms with Gasteiger partial charge in [-0.15, -0.1) is 0 Å². The third-order valence-corrected chi connectivity index (χ3v) is 3.44. The zero-order chi connectivity index (χ0) is 15.2. The molecule has 6 nitrogen and oxygen atoms in total. The highest BCUT2D eigenvalue weighted by molar-refractivity contribution is 5.98. The van der Waals surface area contributed by atoms with Gasteiger partial charge in [-0.05, 0) is 18.6 Å². The molecule has 1 heterocycles. The molecule has 21 heavy (non-hydrogen) atoms. The van der Waals surface area contributed by atoms with Gasteiger partial charge in [0.25, 0.3) is 0 Å². The van der Waals surface area contributed by atoms with Crippen molar-refractivity contribution < 1.29 is 19.1 Å². The molecule has 1 aromatic rings. The average molecular weight is 292 g/mol. The summed E-state index contributed by atoms with van der Waals surface area (Å²) in [6, 6.07) is 6.95. The van der Waals surface area contributed by atoms with E-state index in [-0.39, 0.29) is 18.4 Å². The first kappa shape index (κ1) is 15.5. The number of anilines is 1. The number of nitrogens with one attached hydrogen (secondary N) is 1. The Hall–Kier alpha value is -1.92. The number of carbonyl (C=O) groups excluding carboxylic acids is 2. The van der Waals surface area contributed by atoms with Crippen molar-refractivity contribution in [2.75, 3.05) is 32.2 Å². The third-order valence-electron chi connectivity index (χ3n) is 3.44. The lowest BCUT2D eigenvalue weighted by atomic mass is 10.1. The SMILES string of the molecule is COCCOCC(=O)N1Cc2ccccc2NC(=O)C1C. The van der Waals surface area contributed by atoms with Gasteiger partial charge in [0.2, 0.25) is 11.8 Å². The maximum absolute atomic E-state index is 12.3. The fourth-order valence-corrected chi connectivity index (χ4v) is 2.17. The van der Waals surface area contributed by atoms with Crippen LogP contribution in [0.2, 0.25) is 0 Å². The lowest BCUT2D eigenvalue weighted by Crippen LogP contribution is -2.44. The van der Waals surface area contributed by atoms with Gasteiger partial charge in [-0.2, -0.15) is 0 Å². The molecule has 0 aliphatic carbocycles. The zero-order valence-electron chi connectivity index (χ0n) is 12.3. The van der Waals surface area contributed by atoms with Crippen molar-refractivity contribution in [3.63, 3.8) is 0 Å². The monoisotopic (exact) mass is 292 g/mol. The van der Waals surface area contributed by atoms with Crippen LogP contribution >= 0.6 is 0 Å². The molecule has 0 bridgehead atoms. The molecule has 1 N–H and O–H groups in total. The number of ether oxygens (including phenoxy) is 2. The molecule has 2 amide bonds. The predicted molar refractivity (Wildman–Crippen MR) is 77.8 cm³/mol. The van der Waals surface area contributed by atoms with Crippen LogP contribution in [0.25, 0.3) is 0 Å². The normalized spacial score (nSPS) is 17.9. The molecule has 1 unspecified atom stereocenters. The minimum absolute atomic E-state index is 0.0524. The zero-order valence-corrected chi connectivity index (χ0v) is 12.3. The second-order valence-electron chi connectivity index (χ2n) is 4.89. The standard InChI is InChI=1S/C15H20N2O4/c1-11-15(19)16-13-6-4-3-5-12(13)9-17(11)14(18)10-21-8-7-20-2/h3-6,11H,7-10H2,1-2H3,(H,16,19). The van der Waals surface area contributed by atoms with Crippen molar-refractivity contribution in [2.24, 2.45) is 0 Å². The van der Waals surface area contributed by atoms with E-state index in [1.807, 2.05) is 24.3 Å². The summed E-state index contributed by atoms with van der Waals surface area (Å²) in [5, 5.41) is 2.84. The topological polar surface area (TPSA) is 67.9 Å². The number of benzene rings is 1. The van der Waals surface area contributed by atoms with E-state index in [9.17, 15) is 9.59 Å². The maximum Gasteiger partial charge on any atom is 0.249 e. The predicted octanol–water partition coefficient (Wildman–Crippen LogP) is 1.02.